The number of carbonyl (C=O) groups excluding carboxylic acids is 1. The lowest BCUT2D eigenvalue weighted by Gasteiger charge is -2.35. The van der Waals surface area contributed by atoms with Gasteiger partial charge in [0.25, 0.3) is 5.91 Å². The minimum atomic E-state index is -4.44. The number of nitrogens with zero attached hydrogens (tertiary/aromatic N) is 4. The van der Waals surface area contributed by atoms with Gasteiger partial charge in [0.05, 0.1) is 11.3 Å². The first-order chi connectivity index (χ1) is 13.9. The molecule has 0 spiro atoms. The summed E-state index contributed by atoms with van der Waals surface area (Å²) in [5, 5.41) is 8.61. The first-order valence-electron chi connectivity index (χ1n) is 9.58. The molecule has 1 aromatic carbocycles. The van der Waals surface area contributed by atoms with Crippen molar-refractivity contribution in [1.82, 2.24) is 15.1 Å². The molecule has 2 aliphatic rings. The first-order valence-corrected chi connectivity index (χ1v) is 9.58. The molecule has 6 nitrogen and oxygen atoms in total. The number of fused-ring (bicyclic) bond motifs is 1. The second kappa shape index (κ2) is 7.88. The lowest BCUT2D eigenvalue weighted by Crippen LogP contribution is -2.50. The Morgan fingerprint density at radius 1 is 1.07 bits per heavy atom. The van der Waals surface area contributed by atoms with Crippen LogP contribution in [0.4, 0.5) is 19.0 Å². The van der Waals surface area contributed by atoms with E-state index in [1.54, 1.807) is 4.90 Å². The van der Waals surface area contributed by atoms with E-state index in [9.17, 15) is 18.0 Å². The smallest absolute Gasteiger partial charge is 0.416 e. The third-order valence-corrected chi connectivity index (χ3v) is 5.29. The fourth-order valence-electron chi connectivity index (χ4n) is 3.66. The van der Waals surface area contributed by atoms with Crippen molar-refractivity contribution in [2.24, 2.45) is 0 Å². The summed E-state index contributed by atoms with van der Waals surface area (Å²) in [6.45, 7) is 1.97. The molecule has 1 aliphatic heterocycles. The van der Waals surface area contributed by atoms with Crippen LogP contribution in [-0.4, -0.2) is 53.8 Å². The maximum Gasteiger partial charge on any atom is 0.416 e. The number of carbonyl (C=O) groups is 1. The van der Waals surface area contributed by atoms with Crippen molar-refractivity contribution in [1.29, 1.82) is 0 Å². The molecule has 1 aromatic heterocycles. The lowest BCUT2D eigenvalue weighted by molar-refractivity contribution is -0.137. The van der Waals surface area contributed by atoms with Gasteiger partial charge in [-0.3, -0.25) is 4.79 Å². The van der Waals surface area contributed by atoms with E-state index in [-0.39, 0.29) is 18.3 Å². The van der Waals surface area contributed by atoms with E-state index in [4.69, 9.17) is 4.74 Å². The number of hydrogen-bond donors (Lipinski definition) is 0. The van der Waals surface area contributed by atoms with Crippen LogP contribution in [0.1, 0.15) is 23.2 Å². The molecule has 4 rings (SSSR count). The summed E-state index contributed by atoms with van der Waals surface area (Å²) in [6.07, 6.45) is -1.32. The molecule has 1 amide bonds. The van der Waals surface area contributed by atoms with Crippen molar-refractivity contribution >= 4 is 11.7 Å². The number of benzene rings is 1. The monoisotopic (exact) mass is 406 g/mol. The molecule has 1 saturated heterocycles. The Bertz CT molecular complexity index is 896. The highest BCUT2D eigenvalue weighted by atomic mass is 19.4. The van der Waals surface area contributed by atoms with Crippen molar-refractivity contribution in [2.45, 2.75) is 25.4 Å². The second-order valence-electron chi connectivity index (χ2n) is 7.21. The van der Waals surface area contributed by atoms with E-state index < -0.39 is 11.7 Å². The number of aromatic nitrogens is 2. The Balaban J connectivity index is 1.29. The largest absolute Gasteiger partial charge is 0.484 e. The average Bonchev–Trinajstić information content (AvgIpc) is 3.19. The maximum atomic E-state index is 12.8. The highest BCUT2D eigenvalue weighted by Crippen LogP contribution is 2.31. The van der Waals surface area contributed by atoms with E-state index >= 15 is 0 Å². The van der Waals surface area contributed by atoms with Crippen molar-refractivity contribution in [3.8, 4) is 5.75 Å². The number of aryl methyl sites for hydroxylation is 2. The summed E-state index contributed by atoms with van der Waals surface area (Å²) in [7, 11) is 0. The molecule has 0 N–H and O–H groups in total. The average molecular weight is 406 g/mol. The summed E-state index contributed by atoms with van der Waals surface area (Å²) in [5.74, 6) is 0.611. The summed E-state index contributed by atoms with van der Waals surface area (Å²) in [5.41, 5.74) is 1.53. The summed E-state index contributed by atoms with van der Waals surface area (Å²) >= 11 is 0. The van der Waals surface area contributed by atoms with Crippen LogP contribution in [0.25, 0.3) is 0 Å². The number of ether oxygens (including phenoxy) is 1. The number of halogens is 3. The van der Waals surface area contributed by atoms with Gasteiger partial charge in [-0.25, -0.2) is 0 Å². The molecule has 0 saturated carbocycles. The Morgan fingerprint density at radius 2 is 1.86 bits per heavy atom. The predicted molar refractivity (Wildman–Crippen MR) is 99.8 cm³/mol. The second-order valence-corrected chi connectivity index (χ2v) is 7.21. The molecule has 154 valence electrons. The summed E-state index contributed by atoms with van der Waals surface area (Å²) in [4.78, 5) is 16.1. The van der Waals surface area contributed by atoms with Gasteiger partial charge in [-0.1, -0.05) is 6.07 Å². The molecule has 0 radical (unpaired) electrons. The van der Waals surface area contributed by atoms with E-state index in [2.05, 4.69) is 21.2 Å². The Kier molecular flexibility index (Phi) is 5.29. The van der Waals surface area contributed by atoms with Crippen LogP contribution in [-0.2, 0) is 23.8 Å². The van der Waals surface area contributed by atoms with E-state index in [1.807, 2.05) is 0 Å². The molecule has 1 aliphatic carbocycles. The van der Waals surface area contributed by atoms with Gasteiger partial charge in [0.2, 0.25) is 0 Å². The number of piperazine rings is 1. The number of amides is 1. The Morgan fingerprint density at radius 3 is 2.62 bits per heavy atom. The van der Waals surface area contributed by atoms with Gasteiger partial charge in [-0.05, 0) is 49.1 Å². The molecular formula is C20H21F3N4O2. The van der Waals surface area contributed by atoms with Crippen molar-refractivity contribution < 1.29 is 22.7 Å². The van der Waals surface area contributed by atoms with Crippen LogP contribution in [0.2, 0.25) is 0 Å². The number of anilines is 1. The molecule has 0 bridgehead atoms. The summed E-state index contributed by atoms with van der Waals surface area (Å²) in [6, 6.07) is 6.63. The van der Waals surface area contributed by atoms with E-state index in [1.165, 1.54) is 17.7 Å². The van der Waals surface area contributed by atoms with Crippen LogP contribution in [0, 0.1) is 0 Å². The number of hydrogen-bond acceptors (Lipinski definition) is 5. The van der Waals surface area contributed by atoms with Crippen LogP contribution >= 0.6 is 0 Å². The summed E-state index contributed by atoms with van der Waals surface area (Å²) < 4.78 is 43.6. The molecular weight excluding hydrogens is 385 g/mol. The van der Waals surface area contributed by atoms with Gasteiger partial charge in [0.1, 0.15) is 5.75 Å². The topological polar surface area (TPSA) is 58.6 Å². The highest BCUT2D eigenvalue weighted by Gasteiger charge is 2.31. The molecule has 9 heteroatoms. The van der Waals surface area contributed by atoms with Crippen LogP contribution < -0.4 is 9.64 Å². The van der Waals surface area contributed by atoms with Gasteiger partial charge in [0, 0.05) is 26.2 Å². The third-order valence-electron chi connectivity index (χ3n) is 5.29. The number of rotatable bonds is 4. The predicted octanol–water partition coefficient (Wildman–Crippen LogP) is 2.71. The Labute approximate surface area is 166 Å². The van der Waals surface area contributed by atoms with E-state index in [0.29, 0.717) is 26.2 Å². The normalized spacial score (nSPS) is 16.7. The lowest BCUT2D eigenvalue weighted by atomic mass is 10.2. The van der Waals surface area contributed by atoms with Crippen LogP contribution in [0.3, 0.4) is 0 Å². The minimum Gasteiger partial charge on any atom is -0.484 e. The molecule has 2 aromatic rings. The zero-order valence-corrected chi connectivity index (χ0v) is 15.8. The number of alkyl halides is 3. The highest BCUT2D eigenvalue weighted by molar-refractivity contribution is 5.78. The standard InChI is InChI=1S/C20H21F3N4O2/c21-20(22,23)15-4-2-5-16(12-15)29-13-19(28)27-9-7-26(8-10-27)18-11-14-3-1-6-17(14)24-25-18/h2,4-5,11-12H,1,3,6-10,13H2. The van der Waals surface area contributed by atoms with Crippen LogP contribution in [0.15, 0.2) is 30.3 Å². The molecule has 1 fully saturated rings. The van der Waals surface area contributed by atoms with E-state index in [0.717, 1.165) is 42.9 Å². The van der Waals surface area contributed by atoms with Crippen molar-refractivity contribution in [3.05, 3.63) is 47.2 Å². The fraction of sp³-hybridized carbons (Fsp3) is 0.450. The van der Waals surface area contributed by atoms with Crippen LogP contribution in [0.5, 0.6) is 5.75 Å². The third kappa shape index (κ3) is 4.44. The molecule has 29 heavy (non-hydrogen) atoms. The molecule has 0 unspecified atom stereocenters. The SMILES string of the molecule is O=C(COc1cccc(C(F)(F)F)c1)N1CCN(c2cc3c(nn2)CCC3)CC1. The molecule has 2 heterocycles. The fourth-order valence-corrected chi connectivity index (χ4v) is 3.66. The van der Waals surface area contributed by atoms with Gasteiger partial charge >= 0.3 is 6.18 Å². The maximum absolute atomic E-state index is 12.8. The van der Waals surface area contributed by atoms with Gasteiger partial charge in [-0.15, -0.1) is 5.10 Å². The van der Waals surface area contributed by atoms with Gasteiger partial charge in [0.15, 0.2) is 12.4 Å². The van der Waals surface area contributed by atoms with Gasteiger partial charge < -0.3 is 14.5 Å². The zero-order chi connectivity index (χ0) is 20.4. The minimum absolute atomic E-state index is 0.0280. The quantitative estimate of drug-likeness (QED) is 0.782. The van der Waals surface area contributed by atoms with Crippen molar-refractivity contribution in [2.75, 3.05) is 37.7 Å². The Hall–Kier alpha value is -2.84. The zero-order valence-electron chi connectivity index (χ0n) is 15.8. The first kappa shape index (κ1) is 19.5. The van der Waals surface area contributed by atoms with Gasteiger partial charge in [-0.2, -0.15) is 18.3 Å². The molecule has 0 atom stereocenters. The van der Waals surface area contributed by atoms with Crippen molar-refractivity contribution in [3.63, 3.8) is 0 Å².